The molecule has 0 saturated heterocycles. The van der Waals surface area contributed by atoms with Crippen LogP contribution in [0.5, 0.6) is 0 Å². The number of thioether (sulfide) groups is 1. The van der Waals surface area contributed by atoms with Crippen molar-refractivity contribution in [1.29, 1.82) is 5.26 Å². The van der Waals surface area contributed by atoms with Crippen LogP contribution in [-0.4, -0.2) is 33.5 Å². The van der Waals surface area contributed by atoms with Gasteiger partial charge in [0.15, 0.2) is 6.35 Å². The van der Waals surface area contributed by atoms with Gasteiger partial charge in [0.1, 0.15) is 17.3 Å². The minimum atomic E-state index is -0.994. The van der Waals surface area contributed by atoms with Gasteiger partial charge in [-0.15, -0.1) is 11.3 Å². The van der Waals surface area contributed by atoms with E-state index >= 15 is 0 Å². The summed E-state index contributed by atoms with van der Waals surface area (Å²) >= 11 is 2.98. The zero-order valence-electron chi connectivity index (χ0n) is 11.9. The van der Waals surface area contributed by atoms with Crippen LogP contribution in [0.15, 0.2) is 46.4 Å². The number of aromatic nitrogens is 1. The highest BCUT2D eigenvalue weighted by Gasteiger charge is 2.17. The maximum atomic E-state index is 9.55. The maximum Gasteiger partial charge on any atom is 0.183 e. The average Bonchev–Trinajstić information content (AvgIpc) is 3.06. The van der Waals surface area contributed by atoms with Gasteiger partial charge in [-0.3, -0.25) is 0 Å². The predicted octanol–water partition coefficient (Wildman–Crippen LogP) is 1.44. The van der Waals surface area contributed by atoms with E-state index in [1.165, 1.54) is 11.8 Å². The first-order chi connectivity index (χ1) is 11.2. The first-order valence-corrected chi connectivity index (χ1v) is 8.69. The number of thiophene rings is 1. The first-order valence-electron chi connectivity index (χ1n) is 6.83. The Hall–Kier alpha value is -1.89. The third kappa shape index (κ3) is 3.90. The van der Waals surface area contributed by atoms with E-state index in [-0.39, 0.29) is 0 Å². The summed E-state index contributed by atoms with van der Waals surface area (Å²) in [6.07, 6.45) is -0.316. The van der Waals surface area contributed by atoms with Gasteiger partial charge in [-0.25, -0.2) is 10.3 Å². The standard InChI is InChI=1S/C15H14N4O2S2/c16-7-9-3-4-11(12-2-1-5-22-12)18-14(9)23-8-10-6-13(20)19-15(21)17-10/h1-6,13,15,17,19-21H,8H2/t13-,15-/m1/s1. The maximum absolute atomic E-state index is 9.55. The number of aliphatic hydroxyl groups is 2. The Bertz CT molecular complexity index is 755. The van der Waals surface area contributed by atoms with E-state index in [9.17, 15) is 15.5 Å². The van der Waals surface area contributed by atoms with Crippen LogP contribution in [0.1, 0.15) is 5.56 Å². The number of hydrogen-bond acceptors (Lipinski definition) is 8. The van der Waals surface area contributed by atoms with Crippen LogP contribution < -0.4 is 10.6 Å². The van der Waals surface area contributed by atoms with E-state index in [1.807, 2.05) is 23.6 Å². The van der Waals surface area contributed by atoms with Crippen LogP contribution >= 0.6 is 23.1 Å². The number of hydrogen-bond donors (Lipinski definition) is 4. The fraction of sp³-hybridized carbons (Fsp3) is 0.200. The van der Waals surface area contributed by atoms with Gasteiger partial charge in [0.25, 0.3) is 0 Å². The third-order valence-corrected chi connectivity index (χ3v) is 5.06. The summed E-state index contributed by atoms with van der Waals surface area (Å²) in [5.41, 5.74) is 2.01. The van der Waals surface area contributed by atoms with E-state index in [4.69, 9.17) is 0 Å². The van der Waals surface area contributed by atoms with Crippen LogP contribution in [0.25, 0.3) is 10.6 Å². The zero-order chi connectivity index (χ0) is 16.2. The number of aliphatic hydroxyl groups excluding tert-OH is 2. The second-order valence-corrected chi connectivity index (χ2v) is 6.69. The van der Waals surface area contributed by atoms with Crippen molar-refractivity contribution < 1.29 is 10.2 Å². The molecule has 23 heavy (non-hydrogen) atoms. The van der Waals surface area contributed by atoms with Gasteiger partial charge in [0, 0.05) is 11.4 Å². The Balaban J connectivity index is 1.79. The molecule has 4 N–H and O–H groups in total. The Labute approximate surface area is 141 Å². The molecule has 0 unspecified atom stereocenters. The highest BCUT2D eigenvalue weighted by Crippen LogP contribution is 2.28. The van der Waals surface area contributed by atoms with E-state index < -0.39 is 12.6 Å². The molecule has 1 aliphatic heterocycles. The van der Waals surface area contributed by atoms with Crippen LogP contribution in [-0.2, 0) is 0 Å². The number of nitriles is 1. The summed E-state index contributed by atoms with van der Waals surface area (Å²) in [4.78, 5) is 5.61. The lowest BCUT2D eigenvalue weighted by Gasteiger charge is -2.25. The topological polar surface area (TPSA) is 101 Å². The van der Waals surface area contributed by atoms with E-state index in [0.29, 0.717) is 22.0 Å². The molecule has 2 aromatic heterocycles. The average molecular weight is 346 g/mol. The first kappa shape index (κ1) is 16.0. The smallest absolute Gasteiger partial charge is 0.183 e. The molecule has 0 aromatic carbocycles. The minimum absolute atomic E-state index is 0.464. The molecule has 0 amide bonds. The molecular formula is C15H14N4O2S2. The predicted molar refractivity (Wildman–Crippen MR) is 89.4 cm³/mol. The summed E-state index contributed by atoms with van der Waals surface area (Å²) in [6.45, 7) is 0. The van der Waals surface area contributed by atoms with Gasteiger partial charge in [0.2, 0.25) is 0 Å². The number of nitrogens with one attached hydrogen (secondary N) is 2. The highest BCUT2D eigenvalue weighted by atomic mass is 32.2. The molecule has 118 valence electrons. The van der Waals surface area contributed by atoms with Crippen LogP contribution in [0.4, 0.5) is 0 Å². The van der Waals surface area contributed by atoms with Crippen molar-refractivity contribution >= 4 is 23.1 Å². The number of nitrogens with zero attached hydrogens (tertiary/aromatic N) is 2. The van der Waals surface area contributed by atoms with Gasteiger partial charge >= 0.3 is 0 Å². The Morgan fingerprint density at radius 2 is 2.22 bits per heavy atom. The summed E-state index contributed by atoms with van der Waals surface area (Å²) < 4.78 is 0. The summed E-state index contributed by atoms with van der Waals surface area (Å²) in [5, 5.41) is 36.2. The van der Waals surface area contributed by atoms with Gasteiger partial charge in [0.05, 0.1) is 16.1 Å². The minimum Gasteiger partial charge on any atom is -0.375 e. The van der Waals surface area contributed by atoms with Crippen molar-refractivity contribution in [3.63, 3.8) is 0 Å². The summed E-state index contributed by atoms with van der Waals surface area (Å²) in [6, 6.07) is 9.68. The Kier molecular flexibility index (Phi) is 4.95. The van der Waals surface area contributed by atoms with Crippen molar-refractivity contribution in [2.24, 2.45) is 0 Å². The van der Waals surface area contributed by atoms with E-state index in [1.54, 1.807) is 23.5 Å². The van der Waals surface area contributed by atoms with E-state index in [2.05, 4.69) is 21.7 Å². The molecule has 2 aromatic rings. The molecule has 1 aliphatic rings. The summed E-state index contributed by atoms with van der Waals surface area (Å²) in [7, 11) is 0. The van der Waals surface area contributed by atoms with Gasteiger partial charge in [-0.05, 0) is 29.7 Å². The molecule has 0 bridgehead atoms. The van der Waals surface area contributed by atoms with Crippen LogP contribution in [0.3, 0.4) is 0 Å². The van der Waals surface area contributed by atoms with Crippen LogP contribution in [0.2, 0.25) is 0 Å². The number of pyridine rings is 1. The highest BCUT2D eigenvalue weighted by molar-refractivity contribution is 7.99. The molecule has 8 heteroatoms. The molecular weight excluding hydrogens is 332 g/mol. The lowest BCUT2D eigenvalue weighted by Crippen LogP contribution is -2.50. The van der Waals surface area contributed by atoms with Gasteiger partial charge < -0.3 is 15.5 Å². The van der Waals surface area contributed by atoms with Crippen LogP contribution in [0, 0.1) is 11.3 Å². The third-order valence-electron chi connectivity index (χ3n) is 3.13. The number of rotatable bonds is 4. The van der Waals surface area contributed by atoms with E-state index in [0.717, 1.165) is 10.6 Å². The molecule has 6 nitrogen and oxygen atoms in total. The largest absolute Gasteiger partial charge is 0.375 e. The Morgan fingerprint density at radius 1 is 1.35 bits per heavy atom. The Morgan fingerprint density at radius 3 is 2.91 bits per heavy atom. The van der Waals surface area contributed by atoms with Gasteiger partial charge in [-0.1, -0.05) is 17.8 Å². The second-order valence-electron chi connectivity index (χ2n) is 4.78. The summed E-state index contributed by atoms with van der Waals surface area (Å²) in [5.74, 6) is 0.464. The molecule has 2 atom stereocenters. The van der Waals surface area contributed by atoms with Crippen molar-refractivity contribution in [2.75, 3.05) is 5.75 Å². The fourth-order valence-electron chi connectivity index (χ4n) is 2.10. The molecule has 0 fully saturated rings. The molecule has 0 saturated carbocycles. The lowest BCUT2D eigenvalue weighted by atomic mass is 10.2. The normalized spacial score (nSPS) is 20.5. The molecule has 0 radical (unpaired) electrons. The quantitative estimate of drug-likeness (QED) is 0.622. The molecule has 3 rings (SSSR count). The second kappa shape index (κ2) is 7.12. The zero-order valence-corrected chi connectivity index (χ0v) is 13.6. The monoisotopic (exact) mass is 346 g/mol. The SMILES string of the molecule is N#Cc1ccc(-c2cccs2)nc1SCC1=C[C@@H](O)N[C@H](O)N1. The van der Waals surface area contributed by atoms with Crippen molar-refractivity contribution in [3.8, 4) is 16.6 Å². The fourth-order valence-corrected chi connectivity index (χ4v) is 3.70. The van der Waals surface area contributed by atoms with Crippen molar-refractivity contribution in [2.45, 2.75) is 17.6 Å². The van der Waals surface area contributed by atoms with Crippen molar-refractivity contribution in [3.05, 3.63) is 47.0 Å². The molecule has 3 heterocycles. The lowest BCUT2D eigenvalue weighted by molar-refractivity contribution is 0.0391. The van der Waals surface area contributed by atoms with Gasteiger partial charge in [-0.2, -0.15) is 5.26 Å². The van der Waals surface area contributed by atoms with Crippen molar-refractivity contribution in [1.82, 2.24) is 15.6 Å². The molecule has 0 spiro atoms. The molecule has 0 aliphatic carbocycles.